The van der Waals surface area contributed by atoms with Crippen LogP contribution in [0, 0.1) is 0 Å². The van der Waals surface area contributed by atoms with Crippen LogP contribution in [0.4, 0.5) is 0 Å². The Hall–Kier alpha value is -0.120. The Morgan fingerprint density at radius 2 is 2.00 bits per heavy atom. The molecular formula is C11H26N2O. The van der Waals surface area contributed by atoms with Gasteiger partial charge in [0.2, 0.25) is 0 Å². The Labute approximate surface area is 88.8 Å². The fourth-order valence-electron chi connectivity index (χ4n) is 1.28. The molecule has 14 heavy (non-hydrogen) atoms. The van der Waals surface area contributed by atoms with Crippen molar-refractivity contribution in [2.24, 2.45) is 0 Å². The zero-order valence-corrected chi connectivity index (χ0v) is 10.6. The molecule has 0 rings (SSSR count). The maximum absolute atomic E-state index is 5.15. The lowest BCUT2D eigenvalue weighted by Crippen LogP contribution is -2.48. The molecule has 0 aliphatic carbocycles. The second kappa shape index (κ2) is 6.38. The number of hydrogen-bond acceptors (Lipinski definition) is 3. The first-order valence-electron chi connectivity index (χ1n) is 5.35. The monoisotopic (exact) mass is 202 g/mol. The minimum Gasteiger partial charge on any atom is -0.383 e. The van der Waals surface area contributed by atoms with Gasteiger partial charge in [0.1, 0.15) is 0 Å². The highest BCUT2D eigenvalue weighted by Crippen LogP contribution is 2.16. The quantitative estimate of drug-likeness (QED) is 0.674. The average Bonchev–Trinajstić information content (AvgIpc) is 2.16. The smallest absolute Gasteiger partial charge is 0.0628 e. The topological polar surface area (TPSA) is 24.5 Å². The molecule has 0 aliphatic heterocycles. The molecule has 0 fully saturated rings. The van der Waals surface area contributed by atoms with E-state index >= 15 is 0 Å². The van der Waals surface area contributed by atoms with Crippen LogP contribution in [0.25, 0.3) is 0 Å². The fraction of sp³-hybridized carbons (Fsp3) is 1.00. The predicted molar refractivity (Wildman–Crippen MR) is 61.7 cm³/mol. The Kier molecular flexibility index (Phi) is 6.33. The van der Waals surface area contributed by atoms with Crippen LogP contribution < -0.4 is 5.32 Å². The third-order valence-electron chi connectivity index (χ3n) is 3.17. The average molecular weight is 202 g/mol. The van der Waals surface area contributed by atoms with Crippen LogP contribution in [0.15, 0.2) is 0 Å². The second-order valence-electron chi connectivity index (χ2n) is 4.49. The molecule has 1 N–H and O–H groups in total. The summed E-state index contributed by atoms with van der Waals surface area (Å²) in [6, 6.07) is 0.413. The highest BCUT2D eigenvalue weighted by molar-refractivity contribution is 4.80. The summed E-state index contributed by atoms with van der Waals surface area (Å²) in [6.45, 7) is 8.55. The van der Waals surface area contributed by atoms with Crippen molar-refractivity contribution in [2.75, 3.05) is 34.4 Å². The maximum atomic E-state index is 5.15. The second-order valence-corrected chi connectivity index (χ2v) is 4.49. The molecule has 3 heteroatoms. The van der Waals surface area contributed by atoms with Gasteiger partial charge in [-0.25, -0.2) is 0 Å². The minimum absolute atomic E-state index is 0.267. The van der Waals surface area contributed by atoms with E-state index in [-0.39, 0.29) is 5.54 Å². The maximum Gasteiger partial charge on any atom is 0.0628 e. The van der Waals surface area contributed by atoms with E-state index in [0.717, 1.165) is 19.6 Å². The lowest BCUT2D eigenvalue weighted by molar-refractivity contribution is 0.102. The molecule has 0 saturated heterocycles. The van der Waals surface area contributed by atoms with Gasteiger partial charge in [0.05, 0.1) is 6.61 Å². The number of methoxy groups -OCH3 is 1. The summed E-state index contributed by atoms with van der Waals surface area (Å²) >= 11 is 0. The molecule has 1 unspecified atom stereocenters. The molecule has 3 nitrogen and oxygen atoms in total. The Bertz CT molecular complexity index is 148. The van der Waals surface area contributed by atoms with Crippen LogP contribution in [-0.2, 0) is 4.74 Å². The lowest BCUT2D eigenvalue weighted by atomic mass is 9.99. The Balaban J connectivity index is 4.07. The van der Waals surface area contributed by atoms with Crippen LogP contribution in [-0.4, -0.2) is 50.8 Å². The summed E-state index contributed by atoms with van der Waals surface area (Å²) in [5.41, 5.74) is 0.267. The summed E-state index contributed by atoms with van der Waals surface area (Å²) in [4.78, 5) is 2.38. The predicted octanol–water partition coefficient (Wildman–Crippen LogP) is 1.34. The number of nitrogens with zero attached hydrogens (tertiary/aromatic N) is 1. The van der Waals surface area contributed by atoms with Crippen LogP contribution in [0.3, 0.4) is 0 Å². The van der Waals surface area contributed by atoms with Gasteiger partial charge in [-0.15, -0.1) is 0 Å². The van der Waals surface area contributed by atoms with Crippen LogP contribution in [0.1, 0.15) is 27.2 Å². The molecule has 0 aromatic carbocycles. The van der Waals surface area contributed by atoms with E-state index in [2.05, 4.69) is 38.0 Å². The molecule has 0 amide bonds. The summed E-state index contributed by atoms with van der Waals surface area (Å²) < 4.78 is 5.15. The lowest BCUT2D eigenvalue weighted by Gasteiger charge is -2.37. The van der Waals surface area contributed by atoms with Gasteiger partial charge in [0.25, 0.3) is 0 Å². The van der Waals surface area contributed by atoms with E-state index in [1.807, 2.05) is 7.05 Å². The van der Waals surface area contributed by atoms with E-state index in [1.54, 1.807) is 7.11 Å². The summed E-state index contributed by atoms with van der Waals surface area (Å²) in [7, 11) is 5.90. The number of hydrogen-bond donors (Lipinski definition) is 1. The highest BCUT2D eigenvalue weighted by Gasteiger charge is 2.23. The molecule has 0 radical (unpaired) electrons. The van der Waals surface area contributed by atoms with Gasteiger partial charge in [0, 0.05) is 25.2 Å². The standard InChI is InChI=1S/C11H26N2O/c1-7-11(2,3)13(5)8-10(12-4)9-14-6/h10,12H,7-9H2,1-6H3. The largest absolute Gasteiger partial charge is 0.383 e. The molecule has 0 spiro atoms. The van der Waals surface area contributed by atoms with Crippen molar-refractivity contribution in [3.05, 3.63) is 0 Å². The first kappa shape index (κ1) is 13.9. The van der Waals surface area contributed by atoms with E-state index in [4.69, 9.17) is 4.74 Å². The first-order chi connectivity index (χ1) is 6.47. The third kappa shape index (κ3) is 4.40. The Morgan fingerprint density at radius 3 is 2.36 bits per heavy atom. The normalized spacial score (nSPS) is 14.8. The van der Waals surface area contributed by atoms with E-state index < -0.39 is 0 Å². The van der Waals surface area contributed by atoms with E-state index in [9.17, 15) is 0 Å². The van der Waals surface area contributed by atoms with Gasteiger partial charge in [-0.3, -0.25) is 4.90 Å². The molecule has 0 saturated carbocycles. The summed E-state index contributed by atoms with van der Waals surface area (Å²) in [5, 5.41) is 3.26. The van der Waals surface area contributed by atoms with Gasteiger partial charge in [-0.1, -0.05) is 6.92 Å². The fourth-order valence-corrected chi connectivity index (χ4v) is 1.28. The molecule has 0 heterocycles. The van der Waals surface area contributed by atoms with Crippen molar-refractivity contribution >= 4 is 0 Å². The van der Waals surface area contributed by atoms with Crippen molar-refractivity contribution in [2.45, 2.75) is 38.8 Å². The number of nitrogens with one attached hydrogen (secondary N) is 1. The van der Waals surface area contributed by atoms with Gasteiger partial charge in [-0.2, -0.15) is 0 Å². The third-order valence-corrected chi connectivity index (χ3v) is 3.17. The van der Waals surface area contributed by atoms with Gasteiger partial charge in [0.15, 0.2) is 0 Å². The molecule has 0 bridgehead atoms. The van der Waals surface area contributed by atoms with Crippen LogP contribution in [0.5, 0.6) is 0 Å². The highest BCUT2D eigenvalue weighted by atomic mass is 16.5. The van der Waals surface area contributed by atoms with E-state index in [1.165, 1.54) is 0 Å². The number of ether oxygens (including phenoxy) is 1. The Morgan fingerprint density at radius 1 is 1.43 bits per heavy atom. The van der Waals surface area contributed by atoms with Crippen molar-refractivity contribution < 1.29 is 4.74 Å². The number of rotatable bonds is 7. The molecular weight excluding hydrogens is 176 g/mol. The summed E-state index contributed by atoms with van der Waals surface area (Å²) in [6.07, 6.45) is 1.16. The first-order valence-corrected chi connectivity index (χ1v) is 5.35. The van der Waals surface area contributed by atoms with Crippen molar-refractivity contribution in [1.82, 2.24) is 10.2 Å². The SMILES string of the molecule is CCC(C)(C)N(C)CC(COC)NC. The molecule has 0 aromatic rings. The minimum atomic E-state index is 0.267. The van der Waals surface area contributed by atoms with E-state index in [0.29, 0.717) is 6.04 Å². The number of likely N-dealkylation sites (N-methyl/N-ethyl adjacent to an activating group) is 2. The molecule has 1 atom stereocenters. The molecule has 0 aliphatic rings. The van der Waals surface area contributed by atoms with Crippen molar-refractivity contribution in [1.29, 1.82) is 0 Å². The zero-order valence-electron chi connectivity index (χ0n) is 10.6. The van der Waals surface area contributed by atoms with Gasteiger partial charge in [-0.05, 0) is 34.4 Å². The van der Waals surface area contributed by atoms with Crippen LogP contribution >= 0.6 is 0 Å². The van der Waals surface area contributed by atoms with Crippen molar-refractivity contribution in [3.8, 4) is 0 Å². The van der Waals surface area contributed by atoms with Gasteiger partial charge >= 0.3 is 0 Å². The molecule has 0 aromatic heterocycles. The zero-order chi connectivity index (χ0) is 11.2. The summed E-state index contributed by atoms with van der Waals surface area (Å²) in [5.74, 6) is 0. The van der Waals surface area contributed by atoms with Crippen molar-refractivity contribution in [3.63, 3.8) is 0 Å². The van der Waals surface area contributed by atoms with Gasteiger partial charge < -0.3 is 10.1 Å². The van der Waals surface area contributed by atoms with Crippen LogP contribution in [0.2, 0.25) is 0 Å². The molecule has 86 valence electrons.